The summed E-state index contributed by atoms with van der Waals surface area (Å²) in [6.07, 6.45) is -10.5. The molecule has 0 aromatic heterocycles. The van der Waals surface area contributed by atoms with Crippen molar-refractivity contribution in [3.05, 3.63) is 97.5 Å². The van der Waals surface area contributed by atoms with Crippen molar-refractivity contribution in [3.8, 4) is 0 Å². The Morgan fingerprint density at radius 2 is 1.53 bits per heavy atom. The highest BCUT2D eigenvalue weighted by atomic mass is 35.5. The molecular formula is C27H20Cl3F6NO5S. The molecule has 6 nitrogen and oxygen atoms in total. The number of morpholine rings is 1. The van der Waals surface area contributed by atoms with Gasteiger partial charge in [-0.15, -0.1) is 0 Å². The smallest absolute Gasteiger partial charge is 0.367 e. The highest BCUT2D eigenvalue weighted by Gasteiger charge is 2.42. The quantitative estimate of drug-likeness (QED) is 0.210. The molecule has 1 amide bonds. The fraction of sp³-hybridized carbons (Fsp3) is 0.296. The first-order valence-electron chi connectivity index (χ1n) is 12.2. The maximum Gasteiger partial charge on any atom is 0.416 e. The summed E-state index contributed by atoms with van der Waals surface area (Å²) in [5, 5.41) is 0.397. The average molecular weight is 691 g/mol. The van der Waals surface area contributed by atoms with Gasteiger partial charge >= 0.3 is 12.4 Å². The lowest BCUT2D eigenvalue weighted by Gasteiger charge is -2.43. The summed E-state index contributed by atoms with van der Waals surface area (Å²) in [6, 6.07) is 8.63. The van der Waals surface area contributed by atoms with Gasteiger partial charge in [-0.2, -0.15) is 34.8 Å². The van der Waals surface area contributed by atoms with Crippen LogP contribution in [0.2, 0.25) is 15.1 Å². The Morgan fingerprint density at radius 3 is 2.09 bits per heavy atom. The number of benzene rings is 3. The van der Waals surface area contributed by atoms with Crippen LogP contribution in [0, 0.1) is 0 Å². The predicted octanol–water partition coefficient (Wildman–Crippen LogP) is 7.93. The van der Waals surface area contributed by atoms with Gasteiger partial charge in [0.2, 0.25) is 0 Å². The van der Waals surface area contributed by atoms with Gasteiger partial charge in [0.05, 0.1) is 39.2 Å². The molecule has 0 spiro atoms. The zero-order chi connectivity index (χ0) is 32.0. The van der Waals surface area contributed by atoms with E-state index in [1.165, 1.54) is 30.3 Å². The summed E-state index contributed by atoms with van der Waals surface area (Å²) in [6.45, 7) is -0.756. The van der Waals surface area contributed by atoms with E-state index in [-0.39, 0.29) is 59.2 Å². The minimum Gasteiger partial charge on any atom is -0.367 e. The molecule has 0 saturated carbocycles. The van der Waals surface area contributed by atoms with Crippen LogP contribution in [0.5, 0.6) is 0 Å². The molecule has 0 aliphatic carbocycles. The van der Waals surface area contributed by atoms with Crippen molar-refractivity contribution in [2.45, 2.75) is 35.7 Å². The van der Waals surface area contributed by atoms with E-state index >= 15 is 0 Å². The van der Waals surface area contributed by atoms with Gasteiger partial charge in [0.1, 0.15) is 5.60 Å². The van der Waals surface area contributed by atoms with E-state index in [1.807, 2.05) is 0 Å². The first-order chi connectivity index (χ1) is 19.8. The Hall–Kier alpha value is -2.55. The minimum absolute atomic E-state index is 0.0755. The van der Waals surface area contributed by atoms with E-state index < -0.39 is 55.6 Å². The summed E-state index contributed by atoms with van der Waals surface area (Å²) in [4.78, 5) is 14.1. The standard InChI is InChI=1S/C27H20Cl3F6NO5S/c28-20-2-4-23(43(39,40)41)15(11-20)5-6-25(17-1-3-21(29)22(30)13-17)14-37(7-8-42-25)24(38)16-9-18(26(31,32)33)12-19(10-16)27(34,35)36/h1-4,9-13H,5-8,14H2,(H,39,40,41). The number of nitrogens with zero attached hydrogens (tertiary/aromatic N) is 1. The molecule has 1 atom stereocenters. The largest absolute Gasteiger partial charge is 0.416 e. The predicted molar refractivity (Wildman–Crippen MR) is 146 cm³/mol. The summed E-state index contributed by atoms with van der Waals surface area (Å²) in [5.41, 5.74) is -5.18. The number of rotatable bonds is 6. The van der Waals surface area contributed by atoms with Crippen molar-refractivity contribution in [2.24, 2.45) is 0 Å². The zero-order valence-electron chi connectivity index (χ0n) is 21.6. The zero-order valence-corrected chi connectivity index (χ0v) is 24.7. The Kier molecular flexibility index (Phi) is 9.38. The second-order valence-electron chi connectivity index (χ2n) is 9.72. The summed E-state index contributed by atoms with van der Waals surface area (Å²) in [5.74, 6) is -1.12. The number of hydrogen-bond acceptors (Lipinski definition) is 4. The van der Waals surface area contributed by atoms with Crippen LogP contribution in [0.4, 0.5) is 26.3 Å². The van der Waals surface area contributed by atoms with E-state index in [0.717, 1.165) is 11.0 Å². The second kappa shape index (κ2) is 12.1. The number of halogens is 9. The number of ether oxygens (including phenoxy) is 1. The van der Waals surface area contributed by atoms with Crippen LogP contribution >= 0.6 is 34.8 Å². The lowest BCUT2D eigenvalue weighted by Crippen LogP contribution is -2.52. The van der Waals surface area contributed by atoms with Crippen molar-refractivity contribution in [3.63, 3.8) is 0 Å². The molecule has 3 aromatic rings. The van der Waals surface area contributed by atoms with Gasteiger partial charge in [-0.25, -0.2) is 0 Å². The molecule has 1 heterocycles. The molecule has 16 heteroatoms. The van der Waals surface area contributed by atoms with E-state index in [2.05, 4.69) is 0 Å². The fourth-order valence-electron chi connectivity index (χ4n) is 4.80. The summed E-state index contributed by atoms with van der Waals surface area (Å²) in [7, 11) is -4.68. The minimum atomic E-state index is -5.16. The number of aryl methyl sites for hydroxylation is 1. The Labute approximate surface area is 256 Å². The van der Waals surface area contributed by atoms with Crippen LogP contribution in [0.15, 0.2) is 59.5 Å². The molecule has 0 radical (unpaired) electrons. The maximum atomic E-state index is 13.5. The topological polar surface area (TPSA) is 83.9 Å². The molecule has 4 rings (SSSR count). The fourth-order valence-corrected chi connectivity index (χ4v) is 6.02. The Morgan fingerprint density at radius 1 is 0.907 bits per heavy atom. The molecule has 43 heavy (non-hydrogen) atoms. The summed E-state index contributed by atoms with van der Waals surface area (Å²) < 4.78 is 120. The summed E-state index contributed by atoms with van der Waals surface area (Å²) >= 11 is 18.3. The normalized spacial score (nSPS) is 18.1. The van der Waals surface area contributed by atoms with E-state index in [9.17, 15) is 44.1 Å². The van der Waals surface area contributed by atoms with Gasteiger partial charge in [0, 0.05) is 17.1 Å². The number of amides is 1. The van der Waals surface area contributed by atoms with E-state index in [4.69, 9.17) is 39.5 Å². The SMILES string of the molecule is O=C(c1cc(C(F)(F)F)cc(C(F)(F)F)c1)N1CCOC(CCc2cc(Cl)ccc2S(=O)(=O)O)(c2ccc(Cl)c(Cl)c2)C1. The third-order valence-electron chi connectivity index (χ3n) is 6.85. The average Bonchev–Trinajstić information content (AvgIpc) is 2.91. The van der Waals surface area contributed by atoms with Gasteiger partial charge in [0.25, 0.3) is 16.0 Å². The van der Waals surface area contributed by atoms with Crippen molar-refractivity contribution in [1.29, 1.82) is 0 Å². The van der Waals surface area contributed by atoms with Crippen LogP contribution in [0.3, 0.4) is 0 Å². The lowest BCUT2D eigenvalue weighted by molar-refractivity contribution is -0.143. The lowest BCUT2D eigenvalue weighted by atomic mass is 9.85. The highest BCUT2D eigenvalue weighted by Crippen LogP contribution is 2.40. The number of carbonyl (C=O) groups is 1. The van der Waals surface area contributed by atoms with Crippen molar-refractivity contribution < 1.29 is 48.8 Å². The molecule has 1 N–H and O–H groups in total. The number of alkyl halides is 6. The van der Waals surface area contributed by atoms with Crippen molar-refractivity contribution in [2.75, 3.05) is 19.7 Å². The Balaban J connectivity index is 1.77. The molecule has 1 aliphatic heterocycles. The monoisotopic (exact) mass is 689 g/mol. The molecular weight excluding hydrogens is 671 g/mol. The first kappa shape index (κ1) is 33.3. The van der Waals surface area contributed by atoms with Gasteiger partial charge in [-0.1, -0.05) is 40.9 Å². The third-order valence-corrected chi connectivity index (χ3v) is 8.78. The molecule has 232 valence electrons. The molecule has 1 fully saturated rings. The van der Waals surface area contributed by atoms with Crippen LogP contribution < -0.4 is 0 Å². The Bertz CT molecular complexity index is 1630. The van der Waals surface area contributed by atoms with Crippen molar-refractivity contribution >= 4 is 50.8 Å². The first-order valence-corrected chi connectivity index (χ1v) is 14.8. The van der Waals surface area contributed by atoms with E-state index in [1.54, 1.807) is 0 Å². The van der Waals surface area contributed by atoms with Gasteiger partial charge in [0.15, 0.2) is 0 Å². The molecule has 1 saturated heterocycles. The maximum absolute atomic E-state index is 13.5. The van der Waals surface area contributed by atoms with Crippen LogP contribution in [0.25, 0.3) is 0 Å². The highest BCUT2D eigenvalue weighted by molar-refractivity contribution is 7.85. The third kappa shape index (κ3) is 7.58. The number of carbonyl (C=O) groups excluding carboxylic acids is 1. The molecule has 0 bridgehead atoms. The van der Waals surface area contributed by atoms with E-state index in [0.29, 0.717) is 17.7 Å². The van der Waals surface area contributed by atoms with Crippen molar-refractivity contribution in [1.82, 2.24) is 4.90 Å². The molecule has 1 unspecified atom stereocenters. The van der Waals surface area contributed by atoms with Crippen LogP contribution in [0.1, 0.15) is 39.0 Å². The van der Waals surface area contributed by atoms with Gasteiger partial charge in [-0.3, -0.25) is 9.35 Å². The second-order valence-corrected chi connectivity index (χ2v) is 12.4. The van der Waals surface area contributed by atoms with Gasteiger partial charge in [-0.05, 0) is 72.5 Å². The van der Waals surface area contributed by atoms with Crippen LogP contribution in [-0.2, 0) is 39.2 Å². The molecule has 3 aromatic carbocycles. The number of hydrogen-bond donors (Lipinski definition) is 1. The molecule has 1 aliphatic rings. The van der Waals surface area contributed by atoms with Gasteiger partial charge < -0.3 is 9.64 Å². The van der Waals surface area contributed by atoms with Crippen LogP contribution in [-0.4, -0.2) is 43.5 Å².